The highest BCUT2D eigenvalue weighted by Gasteiger charge is 2.60. The fourth-order valence-electron chi connectivity index (χ4n) is 8.29. The molecule has 7 atom stereocenters. The van der Waals surface area contributed by atoms with Gasteiger partial charge in [0.15, 0.2) is 5.13 Å². The lowest BCUT2D eigenvalue weighted by atomic mass is 9.47. The fourth-order valence-corrected chi connectivity index (χ4v) is 9.67. The second-order valence-corrected chi connectivity index (χ2v) is 13.1. The molecule has 0 radical (unpaired) electrons. The second kappa shape index (κ2) is 8.02. The summed E-state index contributed by atoms with van der Waals surface area (Å²) in [5.74, 6) is 2.61. The third-order valence-electron chi connectivity index (χ3n) is 9.97. The molecule has 3 saturated carbocycles. The number of amides is 2. The molecule has 34 heavy (non-hydrogen) atoms. The topological polar surface area (TPSA) is 62.3 Å². The van der Waals surface area contributed by atoms with Gasteiger partial charge in [-0.3, -0.25) is 14.9 Å². The number of carbonyl (C=O) groups excluding carboxylic acids is 2. The van der Waals surface area contributed by atoms with E-state index in [1.807, 2.05) is 35.5 Å². The van der Waals surface area contributed by atoms with E-state index in [-0.39, 0.29) is 22.6 Å². The molecule has 2 unspecified atom stereocenters. The predicted octanol–water partition coefficient (Wildman–Crippen LogP) is 6.18. The van der Waals surface area contributed by atoms with Crippen LogP contribution in [0.1, 0.15) is 73.7 Å². The summed E-state index contributed by atoms with van der Waals surface area (Å²) < 4.78 is 0. The Balaban J connectivity index is 1.22. The summed E-state index contributed by atoms with van der Waals surface area (Å²) in [6.45, 7) is 4.92. The summed E-state index contributed by atoms with van der Waals surface area (Å²) in [6.07, 6.45) is 11.3. The van der Waals surface area contributed by atoms with Crippen LogP contribution in [-0.4, -0.2) is 34.8 Å². The molecule has 0 aromatic carbocycles. The number of likely N-dealkylation sites (N-methyl/N-ethyl adjacent to an activating group) is 1. The van der Waals surface area contributed by atoms with Gasteiger partial charge in [0.25, 0.3) is 5.91 Å². The summed E-state index contributed by atoms with van der Waals surface area (Å²) in [5.41, 5.74) is 1.51. The van der Waals surface area contributed by atoms with E-state index in [1.54, 1.807) is 11.3 Å². The summed E-state index contributed by atoms with van der Waals surface area (Å²) in [6, 6.07) is 4.08. The van der Waals surface area contributed by atoms with Crippen molar-refractivity contribution >= 4 is 39.6 Å². The van der Waals surface area contributed by atoms with Crippen LogP contribution in [0.5, 0.6) is 0 Å². The van der Waals surface area contributed by atoms with Gasteiger partial charge in [-0.2, -0.15) is 0 Å². The first-order chi connectivity index (χ1) is 16.3. The van der Waals surface area contributed by atoms with Crippen LogP contribution in [0, 0.1) is 28.6 Å². The molecule has 3 fully saturated rings. The minimum Gasteiger partial charge on any atom is -0.338 e. The monoisotopic (exact) mass is 495 g/mol. The molecular formula is C27H33N3O2S2. The highest BCUT2D eigenvalue weighted by molar-refractivity contribution is 7.14. The first-order valence-electron chi connectivity index (χ1n) is 12.6. The van der Waals surface area contributed by atoms with Crippen molar-refractivity contribution in [2.24, 2.45) is 28.6 Å². The van der Waals surface area contributed by atoms with E-state index in [2.05, 4.69) is 30.6 Å². The molecule has 7 heteroatoms. The normalized spacial score (nSPS) is 38.9. The van der Waals surface area contributed by atoms with E-state index >= 15 is 0 Å². The van der Waals surface area contributed by atoms with Crippen LogP contribution < -0.4 is 5.32 Å². The first kappa shape index (κ1) is 22.5. The van der Waals surface area contributed by atoms with E-state index in [0.29, 0.717) is 34.8 Å². The number of nitrogens with zero attached hydrogens (tertiary/aromatic N) is 2. The lowest BCUT2D eigenvalue weighted by Crippen LogP contribution is -2.59. The fraction of sp³-hybridized carbons (Fsp3) is 0.593. The Morgan fingerprint density at radius 2 is 2.00 bits per heavy atom. The van der Waals surface area contributed by atoms with Gasteiger partial charge < -0.3 is 4.90 Å². The zero-order chi connectivity index (χ0) is 23.7. The average Bonchev–Trinajstić information content (AvgIpc) is 3.56. The number of carbonyl (C=O) groups is 2. The number of aromatic nitrogens is 1. The van der Waals surface area contributed by atoms with Gasteiger partial charge in [-0.25, -0.2) is 4.98 Å². The standard InChI is InChI=1S/C27H33N3O2S2/c1-26-12-10-18-16(6-9-22-27(18,2)13-11-23(31)30(22)3)17(26)7-8-19(26)20-15-34-25(28-20)29-24(32)21-5-4-14-33-21/h4-5,11,13-19,22H,6-10,12H2,1-3H3,(H,28,29,32)/t16-,17-,18+,19?,22?,26-,27+/m0/s1. The van der Waals surface area contributed by atoms with Crippen molar-refractivity contribution in [3.05, 3.63) is 45.6 Å². The number of thiazole rings is 1. The first-order valence-corrected chi connectivity index (χ1v) is 14.3. The number of hydrogen-bond donors (Lipinski definition) is 1. The molecule has 3 heterocycles. The van der Waals surface area contributed by atoms with Crippen LogP contribution in [0.15, 0.2) is 35.0 Å². The zero-order valence-corrected chi connectivity index (χ0v) is 21.8. The average molecular weight is 496 g/mol. The molecule has 2 aromatic heterocycles. The van der Waals surface area contributed by atoms with E-state index in [1.165, 1.54) is 43.4 Å². The Hall–Kier alpha value is -1.99. The lowest BCUT2D eigenvalue weighted by Gasteiger charge is -2.60. The maximum absolute atomic E-state index is 12.5. The summed E-state index contributed by atoms with van der Waals surface area (Å²) in [4.78, 5) is 32.4. The van der Waals surface area contributed by atoms with Crippen molar-refractivity contribution < 1.29 is 9.59 Å². The Kier molecular flexibility index (Phi) is 5.30. The zero-order valence-electron chi connectivity index (χ0n) is 20.1. The third-order valence-corrected chi connectivity index (χ3v) is 11.6. The number of rotatable bonds is 3. The maximum atomic E-state index is 12.5. The van der Waals surface area contributed by atoms with Crippen LogP contribution in [0.25, 0.3) is 0 Å². The van der Waals surface area contributed by atoms with E-state index in [0.717, 1.165) is 17.0 Å². The second-order valence-electron chi connectivity index (χ2n) is 11.3. The molecule has 2 aromatic rings. The molecule has 0 spiro atoms. The molecule has 4 aliphatic rings. The van der Waals surface area contributed by atoms with Gasteiger partial charge in [0.2, 0.25) is 5.91 Å². The van der Waals surface area contributed by atoms with Crippen molar-refractivity contribution in [2.75, 3.05) is 12.4 Å². The lowest BCUT2D eigenvalue weighted by molar-refractivity contribution is -0.138. The van der Waals surface area contributed by atoms with Gasteiger partial charge in [-0.15, -0.1) is 22.7 Å². The summed E-state index contributed by atoms with van der Waals surface area (Å²) >= 11 is 3.01. The summed E-state index contributed by atoms with van der Waals surface area (Å²) in [5, 5.41) is 7.81. The Morgan fingerprint density at radius 1 is 1.15 bits per heavy atom. The minimum atomic E-state index is -0.0686. The van der Waals surface area contributed by atoms with Gasteiger partial charge in [0, 0.05) is 29.8 Å². The quantitative estimate of drug-likeness (QED) is 0.553. The summed E-state index contributed by atoms with van der Waals surface area (Å²) in [7, 11) is 1.99. The van der Waals surface area contributed by atoms with Crippen LogP contribution in [0.2, 0.25) is 0 Å². The van der Waals surface area contributed by atoms with Crippen LogP contribution in [-0.2, 0) is 4.79 Å². The van der Waals surface area contributed by atoms with Crippen molar-refractivity contribution in [2.45, 2.75) is 64.3 Å². The van der Waals surface area contributed by atoms with Gasteiger partial charge in [-0.1, -0.05) is 26.0 Å². The Morgan fingerprint density at radius 3 is 2.79 bits per heavy atom. The molecule has 0 bridgehead atoms. The molecular weight excluding hydrogens is 462 g/mol. The van der Waals surface area contributed by atoms with Gasteiger partial charge in [0.1, 0.15) is 0 Å². The van der Waals surface area contributed by atoms with Crippen molar-refractivity contribution in [1.82, 2.24) is 9.88 Å². The van der Waals surface area contributed by atoms with E-state index in [9.17, 15) is 9.59 Å². The largest absolute Gasteiger partial charge is 0.338 e. The van der Waals surface area contributed by atoms with Crippen molar-refractivity contribution in [3.8, 4) is 0 Å². The van der Waals surface area contributed by atoms with Gasteiger partial charge >= 0.3 is 0 Å². The molecule has 1 aliphatic heterocycles. The minimum absolute atomic E-state index is 0.0686. The molecule has 1 N–H and O–H groups in total. The van der Waals surface area contributed by atoms with Crippen molar-refractivity contribution in [3.63, 3.8) is 0 Å². The number of nitrogens with one attached hydrogen (secondary N) is 1. The molecule has 0 saturated heterocycles. The highest BCUT2D eigenvalue weighted by atomic mass is 32.1. The highest BCUT2D eigenvalue weighted by Crippen LogP contribution is 2.67. The van der Waals surface area contributed by atoms with Crippen LogP contribution in [0.4, 0.5) is 5.13 Å². The van der Waals surface area contributed by atoms with Gasteiger partial charge in [0.05, 0.1) is 10.6 Å². The number of fused-ring (bicyclic) bond motifs is 5. The maximum Gasteiger partial charge on any atom is 0.267 e. The number of anilines is 1. The molecule has 180 valence electrons. The van der Waals surface area contributed by atoms with Crippen molar-refractivity contribution in [1.29, 1.82) is 0 Å². The molecule has 6 rings (SSSR count). The predicted molar refractivity (Wildman–Crippen MR) is 137 cm³/mol. The number of hydrogen-bond acceptors (Lipinski definition) is 5. The smallest absolute Gasteiger partial charge is 0.267 e. The van der Waals surface area contributed by atoms with Crippen LogP contribution in [0.3, 0.4) is 0 Å². The SMILES string of the molecule is CN1C(=O)C=C[C@@]2(C)C1CC[C@@H]1[C@H]2CC[C@]2(C)C(c3csc(NC(=O)c4cccs4)n3)CC[C@@H]12. The number of thiophene rings is 1. The van der Waals surface area contributed by atoms with Gasteiger partial charge in [-0.05, 0) is 79.2 Å². The Bertz CT molecular complexity index is 1140. The van der Waals surface area contributed by atoms with E-state index in [4.69, 9.17) is 4.98 Å². The van der Waals surface area contributed by atoms with E-state index < -0.39 is 0 Å². The molecule has 5 nitrogen and oxygen atoms in total. The Labute approximate surface area is 209 Å². The molecule has 2 amide bonds. The third kappa shape index (κ3) is 3.26. The molecule has 3 aliphatic carbocycles. The van der Waals surface area contributed by atoms with Crippen LogP contribution >= 0.6 is 22.7 Å².